The van der Waals surface area contributed by atoms with E-state index in [1.54, 1.807) is 0 Å². The topological polar surface area (TPSA) is 344 Å². The molecule has 13 N–H and O–H groups in total. The summed E-state index contributed by atoms with van der Waals surface area (Å²) in [7, 11) is 0. The SMILES string of the molecule is CC(=O)N[C@@H](C=O)[C@@H](O[C@@H]1O[C@H](CO)[C@H](O)[C@H](O[C@H]2O[C@H](CO)[C@H](O)[C@H](O)[C@H]2O)[C@H]1O[C@@H]1O[C@@H](C)[C@@H](O)[C@@H](O)[C@@H]1O)[C@@H](O)[C@H](O)CO. The van der Waals surface area contributed by atoms with Crippen LogP contribution in [0.3, 0.4) is 0 Å². The van der Waals surface area contributed by atoms with Gasteiger partial charge >= 0.3 is 0 Å². The molecule has 3 saturated heterocycles. The lowest BCUT2D eigenvalue weighted by Crippen LogP contribution is -2.68. The molecule has 3 fully saturated rings. The van der Waals surface area contributed by atoms with Crippen molar-refractivity contribution in [1.82, 2.24) is 5.32 Å². The Balaban J connectivity index is 2.08. The molecule has 0 saturated carbocycles. The molecule has 0 aromatic rings. The second kappa shape index (κ2) is 17.4. The van der Waals surface area contributed by atoms with Crippen LogP contribution in [0.25, 0.3) is 0 Å². The molecule has 3 heterocycles. The molecule has 0 bridgehead atoms. The molecule has 47 heavy (non-hydrogen) atoms. The third-order valence-electron chi connectivity index (χ3n) is 8.12. The van der Waals surface area contributed by atoms with Gasteiger partial charge in [-0.05, 0) is 6.92 Å². The molecule has 0 aromatic heterocycles. The van der Waals surface area contributed by atoms with Crippen molar-refractivity contribution in [3.05, 3.63) is 0 Å². The van der Waals surface area contributed by atoms with E-state index in [0.29, 0.717) is 0 Å². The van der Waals surface area contributed by atoms with Gasteiger partial charge in [-0.1, -0.05) is 0 Å². The standard InChI is InChI=1S/C26H45NO20/c1-7-13(34)17(38)19(40)24(42-7)47-23-22(46-25-20(41)18(39)15(36)11(5-30)43-25)16(37)12(6-31)44-26(23)45-21(14(35)10(33)4-29)9(3-28)27-8(2)32/h3,7,9-26,29-31,33-41H,4-6H2,1-2H3,(H,27,32)/t7-,9-,10+,11+,12+,13+,14-,15-,16-,17+,18-,19-,20+,21+,22-,23+,24-,25+,26-/m0/s1. The fourth-order valence-corrected chi connectivity index (χ4v) is 5.35. The summed E-state index contributed by atoms with van der Waals surface area (Å²) in [5, 5.41) is 126. The number of aliphatic hydroxyl groups is 12. The van der Waals surface area contributed by atoms with Gasteiger partial charge in [0.25, 0.3) is 0 Å². The molecule has 3 aliphatic rings. The normalized spacial score (nSPS) is 43.8. The summed E-state index contributed by atoms with van der Waals surface area (Å²) in [4.78, 5) is 23.8. The minimum Gasteiger partial charge on any atom is -0.394 e. The monoisotopic (exact) mass is 691 g/mol. The molecule has 0 radical (unpaired) electrons. The van der Waals surface area contributed by atoms with Gasteiger partial charge in [0, 0.05) is 6.92 Å². The average Bonchev–Trinajstić information content (AvgIpc) is 3.05. The Morgan fingerprint density at radius 1 is 0.745 bits per heavy atom. The van der Waals surface area contributed by atoms with E-state index in [-0.39, 0.29) is 6.29 Å². The van der Waals surface area contributed by atoms with Crippen molar-refractivity contribution in [3.8, 4) is 0 Å². The molecule has 0 aromatic carbocycles. The Hall–Kier alpha value is -1.58. The first-order chi connectivity index (χ1) is 22.1. The quantitative estimate of drug-likeness (QED) is 0.0752. The molecule has 0 aliphatic carbocycles. The van der Waals surface area contributed by atoms with Gasteiger partial charge < -0.3 is 99.8 Å². The first-order valence-electron chi connectivity index (χ1n) is 14.7. The van der Waals surface area contributed by atoms with Gasteiger partial charge in [0.15, 0.2) is 18.9 Å². The lowest BCUT2D eigenvalue weighted by atomic mass is 9.95. The van der Waals surface area contributed by atoms with Crippen LogP contribution in [0.4, 0.5) is 0 Å². The molecule has 0 unspecified atom stereocenters. The lowest BCUT2D eigenvalue weighted by Gasteiger charge is -2.49. The van der Waals surface area contributed by atoms with Crippen molar-refractivity contribution >= 4 is 12.2 Å². The van der Waals surface area contributed by atoms with Crippen molar-refractivity contribution in [1.29, 1.82) is 0 Å². The van der Waals surface area contributed by atoms with Crippen LogP contribution in [-0.2, 0) is 38.0 Å². The van der Waals surface area contributed by atoms with Crippen LogP contribution in [0.5, 0.6) is 0 Å². The Morgan fingerprint density at radius 2 is 1.26 bits per heavy atom. The molecule has 21 heteroatoms. The van der Waals surface area contributed by atoms with Crippen LogP contribution in [0.15, 0.2) is 0 Å². The van der Waals surface area contributed by atoms with Gasteiger partial charge in [0.1, 0.15) is 97.8 Å². The summed E-state index contributed by atoms with van der Waals surface area (Å²) >= 11 is 0. The number of aliphatic hydroxyl groups excluding tert-OH is 12. The van der Waals surface area contributed by atoms with E-state index in [2.05, 4.69) is 5.32 Å². The number of rotatable bonds is 14. The van der Waals surface area contributed by atoms with Crippen LogP contribution >= 0.6 is 0 Å². The number of carbonyl (C=O) groups is 2. The summed E-state index contributed by atoms with van der Waals surface area (Å²) in [6.07, 6.45) is -33.2. The molecule has 0 spiro atoms. The largest absolute Gasteiger partial charge is 0.394 e. The van der Waals surface area contributed by atoms with E-state index < -0.39 is 142 Å². The van der Waals surface area contributed by atoms with Gasteiger partial charge in [0.05, 0.1) is 25.9 Å². The highest BCUT2D eigenvalue weighted by Gasteiger charge is 2.55. The van der Waals surface area contributed by atoms with Gasteiger partial charge in [0.2, 0.25) is 5.91 Å². The number of ether oxygens (including phenoxy) is 6. The molecule has 1 amide bonds. The minimum atomic E-state index is -2.14. The molecule has 19 atom stereocenters. The number of hydrogen-bond donors (Lipinski definition) is 13. The summed E-state index contributed by atoms with van der Waals surface area (Å²) in [6, 6.07) is -1.74. The molecule has 3 aliphatic heterocycles. The maximum atomic E-state index is 12.0. The summed E-state index contributed by atoms with van der Waals surface area (Å²) < 4.78 is 33.9. The number of amides is 1. The van der Waals surface area contributed by atoms with Gasteiger partial charge in [-0.15, -0.1) is 0 Å². The van der Waals surface area contributed by atoms with E-state index in [1.165, 1.54) is 6.92 Å². The zero-order valence-electron chi connectivity index (χ0n) is 25.3. The molecule has 274 valence electrons. The Morgan fingerprint density at radius 3 is 1.79 bits per heavy atom. The molecular formula is C26H45NO20. The summed E-state index contributed by atoms with van der Waals surface area (Å²) in [5.74, 6) is -0.800. The average molecular weight is 692 g/mol. The first kappa shape index (κ1) is 39.9. The highest BCUT2D eigenvalue weighted by molar-refractivity contribution is 5.77. The predicted molar refractivity (Wildman–Crippen MR) is 145 cm³/mol. The smallest absolute Gasteiger partial charge is 0.217 e. The van der Waals surface area contributed by atoms with Crippen molar-refractivity contribution in [2.75, 3.05) is 19.8 Å². The number of aldehydes is 1. The third kappa shape index (κ3) is 8.97. The fourth-order valence-electron chi connectivity index (χ4n) is 5.35. The minimum absolute atomic E-state index is 0.117. The predicted octanol–water partition coefficient (Wildman–Crippen LogP) is -8.73. The number of hydrogen-bond acceptors (Lipinski definition) is 20. The van der Waals surface area contributed by atoms with E-state index >= 15 is 0 Å². The number of nitrogens with one attached hydrogen (secondary N) is 1. The van der Waals surface area contributed by atoms with Gasteiger partial charge in [-0.3, -0.25) is 4.79 Å². The highest BCUT2D eigenvalue weighted by Crippen LogP contribution is 2.34. The second-order valence-corrected chi connectivity index (χ2v) is 11.5. The van der Waals surface area contributed by atoms with Crippen LogP contribution < -0.4 is 5.32 Å². The van der Waals surface area contributed by atoms with Crippen LogP contribution in [0.1, 0.15) is 13.8 Å². The Labute approximate surface area is 267 Å². The number of carbonyl (C=O) groups excluding carboxylic acids is 2. The Bertz CT molecular complexity index is 994. The molecule has 3 rings (SSSR count). The van der Waals surface area contributed by atoms with E-state index in [4.69, 9.17) is 28.4 Å². The zero-order chi connectivity index (χ0) is 35.3. The third-order valence-corrected chi connectivity index (χ3v) is 8.12. The van der Waals surface area contributed by atoms with Crippen LogP contribution in [-0.4, -0.2) is 210 Å². The maximum Gasteiger partial charge on any atom is 0.217 e. The highest BCUT2D eigenvalue weighted by atomic mass is 16.8. The van der Waals surface area contributed by atoms with Crippen molar-refractivity contribution in [3.63, 3.8) is 0 Å². The second-order valence-electron chi connectivity index (χ2n) is 11.5. The molecule has 21 nitrogen and oxygen atoms in total. The van der Waals surface area contributed by atoms with Gasteiger partial charge in [-0.25, -0.2) is 0 Å². The maximum absolute atomic E-state index is 12.0. The van der Waals surface area contributed by atoms with Crippen LogP contribution in [0, 0.1) is 0 Å². The fraction of sp³-hybridized carbons (Fsp3) is 0.923. The van der Waals surface area contributed by atoms with E-state index in [1.807, 2.05) is 0 Å². The van der Waals surface area contributed by atoms with Gasteiger partial charge in [-0.2, -0.15) is 0 Å². The Kier molecular flexibility index (Phi) is 14.7. The van der Waals surface area contributed by atoms with Crippen LogP contribution in [0.2, 0.25) is 0 Å². The first-order valence-corrected chi connectivity index (χ1v) is 14.7. The summed E-state index contributed by atoms with van der Waals surface area (Å²) in [6.45, 7) is -0.571. The zero-order valence-corrected chi connectivity index (χ0v) is 25.3. The van der Waals surface area contributed by atoms with Crippen molar-refractivity contribution in [2.24, 2.45) is 0 Å². The van der Waals surface area contributed by atoms with Crippen molar-refractivity contribution < 1.29 is 99.3 Å². The van der Waals surface area contributed by atoms with Crippen molar-refractivity contribution in [2.45, 2.75) is 130 Å². The lowest BCUT2D eigenvalue weighted by molar-refractivity contribution is -0.396. The van der Waals surface area contributed by atoms with E-state index in [0.717, 1.165) is 6.92 Å². The summed E-state index contributed by atoms with van der Waals surface area (Å²) in [5.41, 5.74) is 0. The van der Waals surface area contributed by atoms with E-state index in [9.17, 15) is 70.9 Å². The molecular weight excluding hydrogens is 646 g/mol.